The molecule has 6 nitrogen and oxygen atoms in total. The van der Waals surface area contributed by atoms with E-state index in [4.69, 9.17) is 4.74 Å². The number of methoxy groups -OCH3 is 1. The van der Waals surface area contributed by atoms with Gasteiger partial charge in [-0.3, -0.25) is 14.3 Å². The number of hydrogen-bond acceptors (Lipinski definition) is 5. The highest BCUT2D eigenvalue weighted by Crippen LogP contribution is 2.23. The Bertz CT molecular complexity index is 479. The van der Waals surface area contributed by atoms with Gasteiger partial charge in [0.2, 0.25) is 0 Å². The van der Waals surface area contributed by atoms with Crippen molar-refractivity contribution >= 4 is 16.5 Å². The van der Waals surface area contributed by atoms with Crippen molar-refractivity contribution in [2.45, 2.75) is 18.7 Å². The SMILES string of the molecule is COc1ccc([N+](=O)[O-])cc1CNCC(C)S(C)=O. The number of hydrogen-bond donors (Lipinski definition) is 1. The van der Waals surface area contributed by atoms with Crippen LogP contribution in [0.25, 0.3) is 0 Å². The van der Waals surface area contributed by atoms with Gasteiger partial charge in [0, 0.05) is 53.1 Å². The second-order valence-corrected chi connectivity index (χ2v) is 6.00. The van der Waals surface area contributed by atoms with Crippen LogP contribution in [0.3, 0.4) is 0 Å². The van der Waals surface area contributed by atoms with Gasteiger partial charge in [-0.25, -0.2) is 0 Å². The van der Waals surface area contributed by atoms with E-state index in [1.807, 2.05) is 6.92 Å². The summed E-state index contributed by atoms with van der Waals surface area (Å²) in [6.45, 7) is 2.90. The van der Waals surface area contributed by atoms with Crippen LogP contribution in [0.2, 0.25) is 0 Å². The zero-order chi connectivity index (χ0) is 14.4. The standard InChI is InChI=1S/C12H18N2O4S/c1-9(19(3)17)7-13-8-10-6-11(14(15)16)4-5-12(10)18-2/h4-6,9,13H,7-8H2,1-3H3. The van der Waals surface area contributed by atoms with E-state index in [-0.39, 0.29) is 10.9 Å². The molecule has 0 spiro atoms. The van der Waals surface area contributed by atoms with Crippen molar-refractivity contribution in [2.24, 2.45) is 0 Å². The van der Waals surface area contributed by atoms with Crippen LogP contribution >= 0.6 is 0 Å². The van der Waals surface area contributed by atoms with Gasteiger partial charge in [-0.05, 0) is 13.0 Å². The summed E-state index contributed by atoms with van der Waals surface area (Å²) in [5, 5.41) is 13.9. The number of nitro benzene ring substituents is 1. The van der Waals surface area contributed by atoms with Crippen molar-refractivity contribution in [1.82, 2.24) is 5.32 Å². The third-order valence-electron chi connectivity index (χ3n) is 2.79. The van der Waals surface area contributed by atoms with E-state index in [1.54, 1.807) is 12.3 Å². The first-order chi connectivity index (χ1) is 8.95. The molecule has 106 valence electrons. The maximum absolute atomic E-state index is 11.2. The molecule has 1 rings (SSSR count). The van der Waals surface area contributed by atoms with Crippen LogP contribution < -0.4 is 10.1 Å². The first-order valence-corrected chi connectivity index (χ1v) is 7.42. The topological polar surface area (TPSA) is 81.5 Å². The molecule has 0 aliphatic rings. The summed E-state index contributed by atoms with van der Waals surface area (Å²) in [6.07, 6.45) is 1.65. The first-order valence-electron chi connectivity index (χ1n) is 5.80. The smallest absolute Gasteiger partial charge is 0.270 e. The second-order valence-electron chi connectivity index (χ2n) is 4.19. The van der Waals surface area contributed by atoms with Gasteiger partial charge in [0.1, 0.15) is 5.75 Å². The minimum Gasteiger partial charge on any atom is -0.496 e. The Morgan fingerprint density at radius 1 is 1.53 bits per heavy atom. The molecular formula is C12H18N2O4S. The summed E-state index contributed by atoms with van der Waals surface area (Å²) in [5.74, 6) is 0.600. The van der Waals surface area contributed by atoms with Gasteiger partial charge in [0.15, 0.2) is 0 Å². The maximum Gasteiger partial charge on any atom is 0.270 e. The van der Waals surface area contributed by atoms with Crippen LogP contribution in [-0.4, -0.2) is 34.3 Å². The molecule has 1 aromatic rings. The van der Waals surface area contributed by atoms with E-state index in [1.165, 1.54) is 19.2 Å². The van der Waals surface area contributed by atoms with Gasteiger partial charge in [-0.1, -0.05) is 0 Å². The van der Waals surface area contributed by atoms with Crippen molar-refractivity contribution in [2.75, 3.05) is 19.9 Å². The van der Waals surface area contributed by atoms with Crippen LogP contribution in [0.1, 0.15) is 12.5 Å². The molecule has 0 saturated carbocycles. The minimum absolute atomic E-state index is 0.0321. The van der Waals surface area contributed by atoms with Crippen molar-refractivity contribution in [3.63, 3.8) is 0 Å². The fourth-order valence-electron chi connectivity index (χ4n) is 1.54. The summed E-state index contributed by atoms with van der Waals surface area (Å²) < 4.78 is 16.4. The molecule has 19 heavy (non-hydrogen) atoms. The van der Waals surface area contributed by atoms with Gasteiger partial charge in [-0.2, -0.15) is 0 Å². The summed E-state index contributed by atoms with van der Waals surface area (Å²) in [4.78, 5) is 10.3. The second kappa shape index (κ2) is 7.20. The fourth-order valence-corrected chi connectivity index (χ4v) is 1.90. The number of nitrogens with zero attached hydrogens (tertiary/aromatic N) is 1. The molecule has 7 heteroatoms. The van der Waals surface area contributed by atoms with E-state index in [0.717, 1.165) is 0 Å². The number of nitro groups is 1. The lowest BCUT2D eigenvalue weighted by Crippen LogP contribution is -2.27. The van der Waals surface area contributed by atoms with Gasteiger partial charge in [0.05, 0.1) is 12.0 Å². The third kappa shape index (κ3) is 4.60. The Morgan fingerprint density at radius 2 is 2.21 bits per heavy atom. The Hall–Kier alpha value is -1.47. The quantitative estimate of drug-likeness (QED) is 0.606. The average Bonchev–Trinajstić information content (AvgIpc) is 2.38. The Kier molecular flexibility index (Phi) is 5.91. The van der Waals surface area contributed by atoms with Crippen molar-refractivity contribution in [3.05, 3.63) is 33.9 Å². The lowest BCUT2D eigenvalue weighted by Gasteiger charge is -2.12. The van der Waals surface area contributed by atoms with Crippen molar-refractivity contribution in [3.8, 4) is 5.75 Å². The highest BCUT2D eigenvalue weighted by Gasteiger charge is 2.12. The van der Waals surface area contributed by atoms with E-state index < -0.39 is 15.7 Å². The van der Waals surface area contributed by atoms with Gasteiger partial charge >= 0.3 is 0 Å². The monoisotopic (exact) mass is 286 g/mol. The van der Waals surface area contributed by atoms with Crippen LogP contribution in [0.4, 0.5) is 5.69 Å². The predicted octanol–water partition coefficient (Wildman–Crippen LogP) is 1.46. The summed E-state index contributed by atoms with van der Waals surface area (Å²) in [5.41, 5.74) is 0.746. The molecule has 0 fully saturated rings. The maximum atomic E-state index is 11.2. The third-order valence-corrected chi connectivity index (χ3v) is 4.09. The highest BCUT2D eigenvalue weighted by atomic mass is 32.2. The van der Waals surface area contributed by atoms with Crippen LogP contribution in [0, 0.1) is 10.1 Å². The Morgan fingerprint density at radius 3 is 2.74 bits per heavy atom. The normalized spacial score (nSPS) is 13.8. The highest BCUT2D eigenvalue weighted by molar-refractivity contribution is 7.84. The molecule has 0 aromatic heterocycles. The molecule has 0 radical (unpaired) electrons. The molecule has 0 aliphatic heterocycles. The number of non-ortho nitro benzene ring substituents is 1. The zero-order valence-corrected chi connectivity index (χ0v) is 12.0. The first kappa shape index (κ1) is 15.6. The molecule has 1 aromatic carbocycles. The van der Waals surface area contributed by atoms with Crippen LogP contribution in [0.5, 0.6) is 5.75 Å². The summed E-state index contributed by atoms with van der Waals surface area (Å²) in [7, 11) is 0.633. The van der Waals surface area contributed by atoms with Gasteiger partial charge in [-0.15, -0.1) is 0 Å². The molecule has 0 aliphatic carbocycles. The largest absolute Gasteiger partial charge is 0.496 e. The molecule has 1 N–H and O–H groups in total. The van der Waals surface area contributed by atoms with Crippen molar-refractivity contribution in [1.29, 1.82) is 0 Å². The Balaban J connectivity index is 2.72. The molecular weight excluding hydrogens is 268 g/mol. The predicted molar refractivity (Wildman–Crippen MR) is 74.9 cm³/mol. The summed E-state index contributed by atoms with van der Waals surface area (Å²) >= 11 is 0. The lowest BCUT2D eigenvalue weighted by molar-refractivity contribution is -0.384. The lowest BCUT2D eigenvalue weighted by atomic mass is 10.1. The van der Waals surface area contributed by atoms with E-state index in [9.17, 15) is 14.3 Å². The molecule has 0 bridgehead atoms. The van der Waals surface area contributed by atoms with E-state index >= 15 is 0 Å². The van der Waals surface area contributed by atoms with Crippen LogP contribution in [-0.2, 0) is 17.3 Å². The molecule has 0 heterocycles. The average molecular weight is 286 g/mol. The fraction of sp³-hybridized carbons (Fsp3) is 0.500. The minimum atomic E-state index is -0.889. The molecule has 2 unspecified atom stereocenters. The molecule has 2 atom stereocenters. The van der Waals surface area contributed by atoms with E-state index in [2.05, 4.69) is 5.32 Å². The molecule has 0 amide bonds. The number of rotatable bonds is 7. The van der Waals surface area contributed by atoms with Crippen LogP contribution in [0.15, 0.2) is 18.2 Å². The molecule has 0 saturated heterocycles. The van der Waals surface area contributed by atoms with Gasteiger partial charge in [0.25, 0.3) is 5.69 Å². The van der Waals surface area contributed by atoms with E-state index in [0.29, 0.717) is 24.4 Å². The zero-order valence-electron chi connectivity index (χ0n) is 11.2. The number of benzene rings is 1. The van der Waals surface area contributed by atoms with Gasteiger partial charge < -0.3 is 10.1 Å². The summed E-state index contributed by atoms with van der Waals surface area (Å²) in [6, 6.07) is 4.47. The number of nitrogens with one attached hydrogen (secondary N) is 1. The number of ether oxygens (including phenoxy) is 1. The Labute approximate surface area is 114 Å². The van der Waals surface area contributed by atoms with Crippen molar-refractivity contribution < 1.29 is 13.9 Å².